The van der Waals surface area contributed by atoms with Gasteiger partial charge in [-0.15, -0.1) is 0 Å². The fraction of sp³-hybridized carbons (Fsp3) is 0.455. The Bertz CT molecular complexity index is 307. The number of aryl methyl sites for hydroxylation is 3. The Morgan fingerprint density at radius 2 is 1.69 bits per heavy atom. The van der Waals surface area contributed by atoms with Crippen LogP contribution in [0.1, 0.15) is 28.4 Å². The first-order chi connectivity index (χ1) is 6.06. The molecule has 1 aromatic rings. The van der Waals surface area contributed by atoms with Crippen molar-refractivity contribution in [3.05, 3.63) is 34.4 Å². The van der Waals surface area contributed by atoms with Gasteiger partial charge < -0.3 is 5.11 Å². The molecule has 1 unspecified atom stereocenters. The predicted molar refractivity (Wildman–Crippen MR) is 51.6 cm³/mol. The van der Waals surface area contributed by atoms with Crippen LogP contribution in [0.15, 0.2) is 12.1 Å². The van der Waals surface area contributed by atoms with Crippen molar-refractivity contribution in [2.45, 2.75) is 26.9 Å². The molecule has 72 valence electrons. The summed E-state index contributed by atoms with van der Waals surface area (Å²) in [5.41, 5.74) is 3.92. The quantitative estimate of drug-likeness (QED) is 0.745. The summed E-state index contributed by atoms with van der Waals surface area (Å²) in [6.45, 7) is 5.14. The molecule has 0 aliphatic rings. The summed E-state index contributed by atoms with van der Waals surface area (Å²) in [7, 11) is 0. The molecular formula is C11H15FO. The standard InChI is InChI=1S/C11H15FO/c1-7-4-9(3)10(5-8(7)2)11(13)6-12/h4-5,11,13H,6H2,1-3H3. The van der Waals surface area contributed by atoms with E-state index < -0.39 is 12.8 Å². The van der Waals surface area contributed by atoms with Gasteiger partial charge in [-0.25, -0.2) is 4.39 Å². The van der Waals surface area contributed by atoms with Gasteiger partial charge in [0.15, 0.2) is 0 Å². The lowest BCUT2D eigenvalue weighted by Crippen LogP contribution is -2.03. The van der Waals surface area contributed by atoms with Crippen LogP contribution in [0.25, 0.3) is 0 Å². The maximum Gasteiger partial charge on any atom is 0.119 e. The number of aliphatic hydroxyl groups is 1. The van der Waals surface area contributed by atoms with Crippen LogP contribution < -0.4 is 0 Å². The van der Waals surface area contributed by atoms with Crippen LogP contribution in [0.4, 0.5) is 4.39 Å². The first-order valence-electron chi connectivity index (χ1n) is 4.38. The highest BCUT2D eigenvalue weighted by Crippen LogP contribution is 2.21. The highest BCUT2D eigenvalue weighted by Gasteiger charge is 2.10. The molecule has 0 fully saturated rings. The van der Waals surface area contributed by atoms with Gasteiger partial charge in [-0.2, -0.15) is 0 Å². The van der Waals surface area contributed by atoms with Gasteiger partial charge in [-0.3, -0.25) is 0 Å². The molecule has 0 bridgehead atoms. The van der Waals surface area contributed by atoms with Crippen molar-refractivity contribution in [2.75, 3.05) is 6.67 Å². The van der Waals surface area contributed by atoms with Crippen LogP contribution >= 0.6 is 0 Å². The van der Waals surface area contributed by atoms with Crippen LogP contribution in [0.3, 0.4) is 0 Å². The number of halogens is 1. The van der Waals surface area contributed by atoms with E-state index >= 15 is 0 Å². The molecule has 0 aromatic heterocycles. The van der Waals surface area contributed by atoms with Crippen molar-refractivity contribution in [2.24, 2.45) is 0 Å². The van der Waals surface area contributed by atoms with E-state index in [0.717, 1.165) is 11.1 Å². The maximum absolute atomic E-state index is 12.2. The highest BCUT2D eigenvalue weighted by molar-refractivity contribution is 5.37. The molecule has 1 atom stereocenters. The minimum atomic E-state index is -0.973. The van der Waals surface area contributed by atoms with Crippen molar-refractivity contribution in [3.63, 3.8) is 0 Å². The molecular weight excluding hydrogens is 167 g/mol. The van der Waals surface area contributed by atoms with Gasteiger partial charge in [0.2, 0.25) is 0 Å². The lowest BCUT2D eigenvalue weighted by molar-refractivity contribution is 0.141. The smallest absolute Gasteiger partial charge is 0.119 e. The number of rotatable bonds is 2. The Balaban J connectivity index is 3.15. The summed E-state index contributed by atoms with van der Waals surface area (Å²) in [4.78, 5) is 0. The zero-order valence-corrected chi connectivity index (χ0v) is 8.26. The van der Waals surface area contributed by atoms with E-state index in [0.29, 0.717) is 5.56 Å². The minimum absolute atomic E-state index is 0.700. The van der Waals surface area contributed by atoms with Crippen molar-refractivity contribution < 1.29 is 9.50 Å². The summed E-state index contributed by atoms with van der Waals surface area (Å²) in [5.74, 6) is 0. The van der Waals surface area contributed by atoms with Crippen LogP contribution in [-0.4, -0.2) is 11.8 Å². The van der Waals surface area contributed by atoms with Gasteiger partial charge in [0.05, 0.1) is 0 Å². The summed E-state index contributed by atoms with van der Waals surface area (Å²) in [6, 6.07) is 3.83. The minimum Gasteiger partial charge on any atom is -0.386 e. The molecule has 0 heterocycles. The monoisotopic (exact) mass is 182 g/mol. The molecule has 1 rings (SSSR count). The Hall–Kier alpha value is -0.890. The van der Waals surface area contributed by atoms with Crippen molar-refractivity contribution in [1.29, 1.82) is 0 Å². The third-order valence-corrected chi connectivity index (χ3v) is 2.39. The number of aliphatic hydroxyl groups excluding tert-OH is 1. The predicted octanol–water partition coefficient (Wildman–Crippen LogP) is 2.61. The van der Waals surface area contributed by atoms with Gasteiger partial charge in [0.1, 0.15) is 12.8 Å². The molecule has 0 amide bonds. The largest absolute Gasteiger partial charge is 0.386 e. The zero-order chi connectivity index (χ0) is 10.0. The van der Waals surface area contributed by atoms with E-state index in [1.54, 1.807) is 0 Å². The summed E-state index contributed by atoms with van der Waals surface area (Å²) < 4.78 is 12.2. The second-order valence-electron chi connectivity index (χ2n) is 3.46. The van der Waals surface area contributed by atoms with Gasteiger partial charge in [0, 0.05) is 0 Å². The normalized spacial score (nSPS) is 13.0. The molecule has 1 nitrogen and oxygen atoms in total. The van der Waals surface area contributed by atoms with Gasteiger partial charge in [-0.05, 0) is 43.0 Å². The van der Waals surface area contributed by atoms with Crippen molar-refractivity contribution >= 4 is 0 Å². The van der Waals surface area contributed by atoms with E-state index in [4.69, 9.17) is 0 Å². The Labute approximate surface area is 78.2 Å². The van der Waals surface area contributed by atoms with Gasteiger partial charge in [0.25, 0.3) is 0 Å². The van der Waals surface area contributed by atoms with E-state index in [-0.39, 0.29) is 0 Å². The molecule has 0 aliphatic carbocycles. The average molecular weight is 182 g/mol. The third-order valence-electron chi connectivity index (χ3n) is 2.39. The molecule has 0 aliphatic heterocycles. The Morgan fingerprint density at radius 1 is 1.15 bits per heavy atom. The molecule has 0 saturated heterocycles. The third kappa shape index (κ3) is 2.07. The topological polar surface area (TPSA) is 20.2 Å². The molecule has 0 saturated carbocycles. The first kappa shape index (κ1) is 10.2. The molecule has 1 N–H and O–H groups in total. The second kappa shape index (κ2) is 3.88. The van der Waals surface area contributed by atoms with E-state index in [1.807, 2.05) is 32.9 Å². The SMILES string of the molecule is Cc1cc(C)c(C(O)CF)cc1C. The fourth-order valence-corrected chi connectivity index (χ4v) is 1.42. The Kier molecular flexibility index (Phi) is 3.04. The van der Waals surface area contributed by atoms with Crippen molar-refractivity contribution in [1.82, 2.24) is 0 Å². The average Bonchev–Trinajstić information content (AvgIpc) is 2.10. The lowest BCUT2D eigenvalue weighted by atomic mass is 9.98. The van der Waals surface area contributed by atoms with E-state index in [9.17, 15) is 9.50 Å². The molecule has 13 heavy (non-hydrogen) atoms. The van der Waals surface area contributed by atoms with Crippen LogP contribution in [0, 0.1) is 20.8 Å². The van der Waals surface area contributed by atoms with E-state index in [2.05, 4.69) is 0 Å². The molecule has 0 spiro atoms. The summed E-state index contributed by atoms with van der Waals surface area (Å²) >= 11 is 0. The van der Waals surface area contributed by atoms with Crippen LogP contribution in [0.2, 0.25) is 0 Å². The van der Waals surface area contributed by atoms with Gasteiger partial charge >= 0.3 is 0 Å². The summed E-state index contributed by atoms with van der Waals surface area (Å²) in [6.07, 6.45) is -0.973. The number of alkyl halides is 1. The number of hydrogen-bond acceptors (Lipinski definition) is 1. The number of hydrogen-bond donors (Lipinski definition) is 1. The highest BCUT2D eigenvalue weighted by atomic mass is 19.1. The number of benzene rings is 1. The molecule has 1 aromatic carbocycles. The first-order valence-corrected chi connectivity index (χ1v) is 4.38. The van der Waals surface area contributed by atoms with E-state index in [1.165, 1.54) is 5.56 Å². The molecule has 2 heteroatoms. The van der Waals surface area contributed by atoms with Crippen LogP contribution in [-0.2, 0) is 0 Å². The van der Waals surface area contributed by atoms with Gasteiger partial charge in [-0.1, -0.05) is 12.1 Å². The molecule has 0 radical (unpaired) electrons. The van der Waals surface area contributed by atoms with Crippen LogP contribution in [0.5, 0.6) is 0 Å². The second-order valence-corrected chi connectivity index (χ2v) is 3.46. The lowest BCUT2D eigenvalue weighted by Gasteiger charge is -2.12. The maximum atomic E-state index is 12.2. The fourth-order valence-electron chi connectivity index (χ4n) is 1.42. The summed E-state index contributed by atoms with van der Waals surface area (Å²) in [5, 5.41) is 9.35. The Morgan fingerprint density at radius 3 is 2.23 bits per heavy atom. The van der Waals surface area contributed by atoms with Crippen molar-refractivity contribution in [3.8, 4) is 0 Å². The zero-order valence-electron chi connectivity index (χ0n) is 8.26.